The molecule has 1 aliphatic heterocycles. The Kier molecular flexibility index (Phi) is 3.69. The van der Waals surface area contributed by atoms with E-state index in [0.29, 0.717) is 18.4 Å². The van der Waals surface area contributed by atoms with Crippen LogP contribution in [0.5, 0.6) is 0 Å². The van der Waals surface area contributed by atoms with Crippen molar-refractivity contribution in [3.05, 3.63) is 23.8 Å². The molecule has 3 atom stereocenters. The Morgan fingerprint density at radius 2 is 2.11 bits per heavy atom. The van der Waals surface area contributed by atoms with E-state index in [1.807, 2.05) is 19.9 Å². The zero-order valence-electron chi connectivity index (χ0n) is 11.1. The number of carbonyl (C=O) groups excluding carboxylic acids is 2. The first kappa shape index (κ1) is 13.1. The third kappa shape index (κ3) is 2.55. The number of hydrogen-bond donors (Lipinski definition) is 0. The third-order valence-corrected chi connectivity index (χ3v) is 4.05. The molecule has 0 N–H and O–H groups in total. The van der Waals surface area contributed by atoms with E-state index in [0.717, 1.165) is 12.8 Å². The lowest BCUT2D eigenvalue weighted by molar-refractivity contribution is -0.140. The van der Waals surface area contributed by atoms with Crippen LogP contribution in [0.2, 0.25) is 0 Å². The number of carbonyl (C=O) groups is 2. The molecule has 0 aromatic rings. The van der Waals surface area contributed by atoms with Gasteiger partial charge < -0.3 is 4.74 Å². The van der Waals surface area contributed by atoms with Crippen LogP contribution in [0.4, 0.5) is 0 Å². The fraction of sp³-hybridized carbons (Fsp3) is 0.600. The Labute approximate surface area is 108 Å². The monoisotopic (exact) mass is 248 g/mol. The molecule has 18 heavy (non-hydrogen) atoms. The van der Waals surface area contributed by atoms with Gasteiger partial charge in [-0.25, -0.2) is 4.79 Å². The summed E-state index contributed by atoms with van der Waals surface area (Å²) in [7, 11) is 0. The first-order valence-corrected chi connectivity index (χ1v) is 6.57. The Morgan fingerprint density at radius 3 is 2.83 bits per heavy atom. The second kappa shape index (κ2) is 5.09. The molecule has 1 heterocycles. The maximum Gasteiger partial charge on any atom is 0.334 e. The van der Waals surface area contributed by atoms with E-state index in [1.54, 1.807) is 0 Å². The first-order chi connectivity index (χ1) is 8.49. The predicted octanol–water partition coefficient (Wildman–Crippen LogP) is 2.81. The molecule has 0 radical (unpaired) electrons. The zero-order valence-corrected chi connectivity index (χ0v) is 11.1. The summed E-state index contributed by atoms with van der Waals surface area (Å²) in [5.41, 5.74) is 1.79. The molecule has 0 spiro atoms. The number of esters is 1. The van der Waals surface area contributed by atoms with Gasteiger partial charge in [-0.05, 0) is 26.2 Å². The van der Waals surface area contributed by atoms with E-state index < -0.39 is 0 Å². The maximum absolute atomic E-state index is 11.9. The quantitative estimate of drug-likeness (QED) is 0.376. The molecular formula is C15H20O3. The largest absolute Gasteiger partial charge is 0.458 e. The van der Waals surface area contributed by atoms with Crippen molar-refractivity contribution in [3.8, 4) is 0 Å². The molecule has 0 aromatic carbocycles. The summed E-state index contributed by atoms with van der Waals surface area (Å²) in [5, 5.41) is 0. The number of ether oxygens (including phenoxy) is 1. The van der Waals surface area contributed by atoms with Crippen LogP contribution in [0.25, 0.3) is 0 Å². The van der Waals surface area contributed by atoms with Gasteiger partial charge in [0.25, 0.3) is 0 Å². The van der Waals surface area contributed by atoms with E-state index in [2.05, 4.69) is 6.58 Å². The molecule has 3 heteroatoms. The molecular weight excluding hydrogens is 228 g/mol. The van der Waals surface area contributed by atoms with Gasteiger partial charge in [-0.3, -0.25) is 4.79 Å². The van der Waals surface area contributed by atoms with Crippen LogP contribution in [0.3, 0.4) is 0 Å². The number of fused-ring (bicyclic) bond motifs is 1. The molecule has 98 valence electrons. The molecule has 0 bridgehead atoms. The minimum Gasteiger partial charge on any atom is -0.458 e. The third-order valence-electron chi connectivity index (χ3n) is 4.05. The van der Waals surface area contributed by atoms with E-state index in [-0.39, 0.29) is 29.7 Å². The van der Waals surface area contributed by atoms with Crippen LogP contribution in [-0.2, 0) is 14.3 Å². The standard InChI is InChI=1S/C15H20O3/c1-9-4-6-12-11(3)15(17)18-14(12)8-10(2)13(16)7-5-9/h5,10,12,14H,3-4,6-8H2,1-2H3/t10-,12+,14-/m1/s1. The summed E-state index contributed by atoms with van der Waals surface area (Å²) in [6.45, 7) is 7.79. The highest BCUT2D eigenvalue weighted by molar-refractivity contribution is 5.91. The van der Waals surface area contributed by atoms with Gasteiger partial charge in [-0.2, -0.15) is 0 Å². The SMILES string of the molecule is C=C1C(=O)O[C@@H]2C[C@@H](C)C(=O)CC=C(C)CC[C@@H]12. The normalized spacial score (nSPS) is 33.8. The highest BCUT2D eigenvalue weighted by Crippen LogP contribution is 2.35. The van der Waals surface area contributed by atoms with Gasteiger partial charge in [0.05, 0.1) is 0 Å². The lowest BCUT2D eigenvalue weighted by Gasteiger charge is -2.22. The molecule has 1 fully saturated rings. The average molecular weight is 248 g/mol. The minimum absolute atomic E-state index is 0.0571. The van der Waals surface area contributed by atoms with Crippen molar-refractivity contribution >= 4 is 11.8 Å². The Balaban J connectivity index is 2.22. The van der Waals surface area contributed by atoms with Crippen molar-refractivity contribution in [3.63, 3.8) is 0 Å². The molecule has 2 rings (SSSR count). The molecule has 2 aliphatic rings. The second-order valence-electron chi connectivity index (χ2n) is 5.47. The molecule has 3 nitrogen and oxygen atoms in total. The summed E-state index contributed by atoms with van der Waals surface area (Å²) in [6, 6.07) is 0. The number of ketones is 1. The highest BCUT2D eigenvalue weighted by atomic mass is 16.6. The summed E-state index contributed by atoms with van der Waals surface area (Å²) in [5.74, 6) is -0.0401. The zero-order chi connectivity index (χ0) is 13.3. The Morgan fingerprint density at radius 1 is 1.39 bits per heavy atom. The van der Waals surface area contributed by atoms with Crippen LogP contribution >= 0.6 is 0 Å². The smallest absolute Gasteiger partial charge is 0.334 e. The lowest BCUT2D eigenvalue weighted by Crippen LogP contribution is -2.24. The second-order valence-corrected chi connectivity index (χ2v) is 5.47. The van der Waals surface area contributed by atoms with Crippen LogP contribution in [-0.4, -0.2) is 17.9 Å². The van der Waals surface area contributed by atoms with Crippen molar-refractivity contribution in [2.75, 3.05) is 0 Å². The molecule has 0 aromatic heterocycles. The van der Waals surface area contributed by atoms with E-state index in [4.69, 9.17) is 4.74 Å². The average Bonchev–Trinajstić information content (AvgIpc) is 2.59. The molecule has 0 unspecified atom stereocenters. The fourth-order valence-electron chi connectivity index (χ4n) is 2.68. The van der Waals surface area contributed by atoms with Gasteiger partial charge in [-0.15, -0.1) is 0 Å². The maximum atomic E-state index is 11.9. The van der Waals surface area contributed by atoms with Crippen LogP contribution in [0, 0.1) is 11.8 Å². The molecule has 0 saturated carbocycles. The number of hydrogen-bond acceptors (Lipinski definition) is 3. The van der Waals surface area contributed by atoms with E-state index in [1.165, 1.54) is 5.57 Å². The number of Topliss-reactive ketones (excluding diaryl/α,β-unsaturated/α-hetero) is 1. The van der Waals surface area contributed by atoms with Gasteiger partial charge in [0, 0.05) is 23.8 Å². The van der Waals surface area contributed by atoms with Crippen molar-refractivity contribution in [2.45, 2.75) is 45.6 Å². The number of allylic oxidation sites excluding steroid dienone is 2. The summed E-state index contributed by atoms with van der Waals surface area (Å²) in [4.78, 5) is 23.5. The Bertz CT molecular complexity index is 419. The van der Waals surface area contributed by atoms with Crippen LogP contribution in [0.1, 0.15) is 39.5 Å². The molecule has 0 amide bonds. The summed E-state index contributed by atoms with van der Waals surface area (Å²) >= 11 is 0. The van der Waals surface area contributed by atoms with Crippen molar-refractivity contribution in [1.29, 1.82) is 0 Å². The van der Waals surface area contributed by atoms with Gasteiger partial charge in [0.15, 0.2) is 0 Å². The van der Waals surface area contributed by atoms with Gasteiger partial charge >= 0.3 is 5.97 Å². The van der Waals surface area contributed by atoms with Crippen molar-refractivity contribution in [1.82, 2.24) is 0 Å². The predicted molar refractivity (Wildman–Crippen MR) is 68.9 cm³/mol. The first-order valence-electron chi connectivity index (χ1n) is 6.57. The van der Waals surface area contributed by atoms with Gasteiger partial charge in [-0.1, -0.05) is 25.2 Å². The van der Waals surface area contributed by atoms with Gasteiger partial charge in [0.2, 0.25) is 0 Å². The van der Waals surface area contributed by atoms with Crippen LogP contribution in [0.15, 0.2) is 23.8 Å². The summed E-state index contributed by atoms with van der Waals surface area (Å²) < 4.78 is 5.35. The van der Waals surface area contributed by atoms with Crippen molar-refractivity contribution in [2.24, 2.45) is 11.8 Å². The van der Waals surface area contributed by atoms with Crippen LogP contribution < -0.4 is 0 Å². The molecule has 1 aliphatic carbocycles. The lowest BCUT2D eigenvalue weighted by atomic mass is 9.83. The van der Waals surface area contributed by atoms with E-state index in [9.17, 15) is 9.59 Å². The topological polar surface area (TPSA) is 43.4 Å². The number of rotatable bonds is 0. The molecule has 1 saturated heterocycles. The van der Waals surface area contributed by atoms with E-state index >= 15 is 0 Å². The van der Waals surface area contributed by atoms with Crippen molar-refractivity contribution < 1.29 is 14.3 Å². The Hall–Kier alpha value is -1.38. The highest BCUT2D eigenvalue weighted by Gasteiger charge is 2.39. The summed E-state index contributed by atoms with van der Waals surface area (Å²) in [6.07, 6.45) is 4.77. The van der Waals surface area contributed by atoms with Gasteiger partial charge in [0.1, 0.15) is 11.9 Å². The minimum atomic E-state index is -0.287. The fourth-order valence-corrected chi connectivity index (χ4v) is 2.68.